The number of thiophene rings is 1. The zero-order valence-electron chi connectivity index (χ0n) is 19.8. The fourth-order valence-electron chi connectivity index (χ4n) is 4.59. The largest absolute Gasteiger partial charge is 0.493 e. The molecule has 4 rings (SSSR count). The summed E-state index contributed by atoms with van der Waals surface area (Å²) in [5, 5.41) is 1.22. The summed E-state index contributed by atoms with van der Waals surface area (Å²) in [6, 6.07) is 14.5. The summed E-state index contributed by atoms with van der Waals surface area (Å²) in [6.45, 7) is 2.39. The topological polar surface area (TPSA) is 51.2 Å². The van der Waals surface area contributed by atoms with Crippen molar-refractivity contribution in [1.29, 1.82) is 0 Å². The second kappa shape index (κ2) is 10.4. The van der Waals surface area contributed by atoms with E-state index >= 15 is 0 Å². The first-order valence-corrected chi connectivity index (χ1v) is 12.1. The van der Waals surface area contributed by atoms with Gasteiger partial charge in [-0.1, -0.05) is 18.2 Å². The Bertz CT molecular complexity index is 1050. The van der Waals surface area contributed by atoms with Gasteiger partial charge in [-0.2, -0.15) is 0 Å². The van der Waals surface area contributed by atoms with E-state index in [4.69, 9.17) is 14.2 Å². The van der Waals surface area contributed by atoms with Crippen molar-refractivity contribution >= 4 is 27.3 Å². The van der Waals surface area contributed by atoms with E-state index in [1.807, 2.05) is 11.0 Å². The molecule has 0 radical (unpaired) electrons. The van der Waals surface area contributed by atoms with Gasteiger partial charge in [0, 0.05) is 27.7 Å². The van der Waals surface area contributed by atoms with Crippen LogP contribution in [0.15, 0.2) is 42.5 Å². The lowest BCUT2D eigenvalue weighted by molar-refractivity contribution is 0.0730. The Morgan fingerprint density at radius 3 is 2.42 bits per heavy atom. The summed E-state index contributed by atoms with van der Waals surface area (Å²) in [7, 11) is 6.87. The number of ether oxygens (including phenoxy) is 3. The third-order valence-corrected chi connectivity index (χ3v) is 7.53. The monoisotopic (exact) mass is 468 g/mol. The highest BCUT2D eigenvalue weighted by Gasteiger charge is 2.25. The standard InChI is InChI=1S/C26H32N2O4S/c1-27-12-7-9-20(27)11-13-28(17-21-14-18-8-5-6-10-24(18)33-21)26(29)19-15-22(30-2)25(32-4)23(16-19)31-3/h5-6,8,10,14-16,20H,7,9,11-13,17H2,1-4H3. The second-order valence-electron chi connectivity index (χ2n) is 8.46. The molecule has 1 aromatic heterocycles. The molecule has 1 fully saturated rings. The van der Waals surface area contributed by atoms with E-state index in [9.17, 15) is 4.79 Å². The van der Waals surface area contributed by atoms with Gasteiger partial charge in [0.15, 0.2) is 11.5 Å². The third-order valence-electron chi connectivity index (χ3n) is 6.43. The van der Waals surface area contributed by atoms with Crippen LogP contribution >= 0.6 is 11.3 Å². The van der Waals surface area contributed by atoms with Gasteiger partial charge in [-0.3, -0.25) is 4.79 Å². The van der Waals surface area contributed by atoms with Gasteiger partial charge >= 0.3 is 0 Å². The Morgan fingerprint density at radius 1 is 1.09 bits per heavy atom. The minimum Gasteiger partial charge on any atom is -0.493 e. The quantitative estimate of drug-likeness (QED) is 0.440. The first-order chi connectivity index (χ1) is 16.0. The smallest absolute Gasteiger partial charge is 0.254 e. The van der Waals surface area contributed by atoms with Crippen molar-refractivity contribution in [1.82, 2.24) is 9.80 Å². The predicted molar refractivity (Wildman–Crippen MR) is 133 cm³/mol. The maximum absolute atomic E-state index is 13.8. The first kappa shape index (κ1) is 23.4. The average molecular weight is 469 g/mol. The number of hydrogen-bond acceptors (Lipinski definition) is 6. The molecule has 1 unspecified atom stereocenters. The molecule has 3 aromatic rings. The van der Waals surface area contributed by atoms with E-state index in [1.165, 1.54) is 27.8 Å². The maximum atomic E-state index is 13.8. The van der Waals surface area contributed by atoms with Crippen LogP contribution in [0, 0.1) is 0 Å². The van der Waals surface area contributed by atoms with Crippen molar-refractivity contribution in [2.75, 3.05) is 41.5 Å². The molecule has 6 nitrogen and oxygen atoms in total. The second-order valence-corrected chi connectivity index (χ2v) is 9.62. The predicted octanol–water partition coefficient (Wildman–Crippen LogP) is 5.05. The summed E-state index contributed by atoms with van der Waals surface area (Å²) < 4.78 is 17.6. The Hall–Kier alpha value is -2.77. The van der Waals surface area contributed by atoms with Crippen molar-refractivity contribution in [3.05, 3.63) is 52.9 Å². The Labute approximate surface area is 199 Å². The molecule has 1 amide bonds. The van der Waals surface area contributed by atoms with Crippen molar-refractivity contribution in [2.45, 2.75) is 31.8 Å². The number of nitrogens with zero attached hydrogens (tertiary/aromatic N) is 2. The lowest BCUT2D eigenvalue weighted by Crippen LogP contribution is -2.35. The molecule has 0 bridgehead atoms. The van der Waals surface area contributed by atoms with Crippen molar-refractivity contribution in [2.24, 2.45) is 0 Å². The molecular formula is C26H32N2O4S. The normalized spacial score (nSPS) is 16.2. The fourth-order valence-corrected chi connectivity index (χ4v) is 5.67. The van der Waals surface area contributed by atoms with E-state index < -0.39 is 0 Å². The third kappa shape index (κ3) is 5.09. The fraction of sp³-hybridized carbons (Fsp3) is 0.423. The molecule has 176 valence electrons. The number of rotatable bonds is 9. The van der Waals surface area contributed by atoms with Crippen LogP contribution in [-0.4, -0.2) is 63.2 Å². The molecule has 1 atom stereocenters. The van der Waals surface area contributed by atoms with Crippen LogP contribution in [0.25, 0.3) is 10.1 Å². The van der Waals surface area contributed by atoms with Gasteiger partial charge in [0.1, 0.15) is 0 Å². The first-order valence-electron chi connectivity index (χ1n) is 11.3. The van der Waals surface area contributed by atoms with E-state index in [-0.39, 0.29) is 5.91 Å². The van der Waals surface area contributed by atoms with Crippen LogP contribution in [0.2, 0.25) is 0 Å². The Morgan fingerprint density at radius 2 is 1.82 bits per heavy atom. The van der Waals surface area contributed by atoms with Crippen LogP contribution in [0.5, 0.6) is 17.2 Å². The van der Waals surface area contributed by atoms with Crippen LogP contribution in [-0.2, 0) is 6.54 Å². The van der Waals surface area contributed by atoms with Gasteiger partial charge in [-0.15, -0.1) is 11.3 Å². The van der Waals surface area contributed by atoms with Crippen molar-refractivity contribution in [3.63, 3.8) is 0 Å². The lowest BCUT2D eigenvalue weighted by atomic mass is 10.1. The molecule has 1 saturated heterocycles. The van der Waals surface area contributed by atoms with Gasteiger partial charge in [-0.05, 0) is 62.5 Å². The molecule has 0 spiro atoms. The highest BCUT2D eigenvalue weighted by atomic mass is 32.1. The summed E-state index contributed by atoms with van der Waals surface area (Å²) >= 11 is 1.74. The molecule has 0 aliphatic carbocycles. The van der Waals surface area contributed by atoms with E-state index in [0.29, 0.717) is 41.9 Å². The number of likely N-dealkylation sites (tertiary alicyclic amines) is 1. The average Bonchev–Trinajstić information content (AvgIpc) is 3.45. The molecule has 0 saturated carbocycles. The minimum absolute atomic E-state index is 0.0349. The van der Waals surface area contributed by atoms with Crippen LogP contribution < -0.4 is 14.2 Å². The van der Waals surface area contributed by atoms with Crippen LogP contribution in [0.1, 0.15) is 34.5 Å². The van der Waals surface area contributed by atoms with Crippen LogP contribution in [0.3, 0.4) is 0 Å². The highest BCUT2D eigenvalue weighted by Crippen LogP contribution is 2.38. The molecule has 1 aliphatic heterocycles. The summed E-state index contributed by atoms with van der Waals surface area (Å²) in [5.41, 5.74) is 0.533. The van der Waals surface area contributed by atoms with Gasteiger partial charge < -0.3 is 24.0 Å². The summed E-state index contributed by atoms with van der Waals surface area (Å²) in [5.74, 6) is 1.42. The number of methoxy groups -OCH3 is 3. The number of fused-ring (bicyclic) bond motifs is 1. The highest BCUT2D eigenvalue weighted by molar-refractivity contribution is 7.19. The molecular weight excluding hydrogens is 436 g/mol. The Balaban J connectivity index is 1.63. The SMILES string of the molecule is COc1cc(C(=O)N(CCC2CCCN2C)Cc2cc3ccccc3s2)cc(OC)c1OC. The Kier molecular flexibility index (Phi) is 7.40. The molecule has 33 heavy (non-hydrogen) atoms. The number of benzene rings is 2. The van der Waals surface area contributed by atoms with Crippen molar-refractivity contribution in [3.8, 4) is 17.2 Å². The van der Waals surface area contributed by atoms with Crippen molar-refractivity contribution < 1.29 is 19.0 Å². The zero-order chi connectivity index (χ0) is 23.4. The van der Waals surface area contributed by atoms with Crippen LogP contribution in [0.4, 0.5) is 0 Å². The van der Waals surface area contributed by atoms with E-state index in [2.05, 4.69) is 36.2 Å². The van der Waals surface area contributed by atoms with E-state index in [0.717, 1.165) is 13.0 Å². The minimum atomic E-state index is -0.0349. The molecule has 2 aromatic carbocycles. The summed E-state index contributed by atoms with van der Waals surface area (Å²) in [6.07, 6.45) is 3.36. The molecule has 1 aliphatic rings. The summed E-state index contributed by atoms with van der Waals surface area (Å²) in [4.78, 5) is 19.3. The number of carbonyl (C=O) groups excluding carboxylic acids is 1. The number of carbonyl (C=O) groups is 1. The van der Waals surface area contributed by atoms with Gasteiger partial charge in [0.05, 0.1) is 27.9 Å². The maximum Gasteiger partial charge on any atom is 0.254 e. The molecule has 2 heterocycles. The van der Waals surface area contributed by atoms with Gasteiger partial charge in [0.2, 0.25) is 5.75 Å². The number of amides is 1. The van der Waals surface area contributed by atoms with Gasteiger partial charge in [0.25, 0.3) is 5.91 Å². The van der Waals surface area contributed by atoms with Gasteiger partial charge in [-0.25, -0.2) is 0 Å². The lowest BCUT2D eigenvalue weighted by Gasteiger charge is -2.27. The zero-order valence-corrected chi connectivity index (χ0v) is 20.6. The number of hydrogen-bond donors (Lipinski definition) is 0. The van der Waals surface area contributed by atoms with E-state index in [1.54, 1.807) is 44.8 Å². The molecule has 7 heteroatoms. The molecule has 0 N–H and O–H groups in total.